The third-order valence-electron chi connectivity index (χ3n) is 6.91. The Morgan fingerprint density at radius 2 is 1.80 bits per heavy atom. The minimum Gasteiger partial charge on any atom is -0.390 e. The molecule has 5 fully saturated rings. The summed E-state index contributed by atoms with van der Waals surface area (Å²) < 4.78 is 0. The summed E-state index contributed by atoms with van der Waals surface area (Å²) in [7, 11) is 1.90. The summed E-state index contributed by atoms with van der Waals surface area (Å²) in [6.45, 7) is 4.35. The lowest BCUT2D eigenvalue weighted by molar-refractivity contribution is -0.160. The van der Waals surface area contributed by atoms with Crippen LogP contribution in [0.2, 0.25) is 0 Å². The van der Waals surface area contributed by atoms with Gasteiger partial charge in [0, 0.05) is 7.05 Å². The summed E-state index contributed by atoms with van der Waals surface area (Å²) in [5.41, 5.74) is -0.509. The van der Waals surface area contributed by atoms with Crippen LogP contribution < -0.4 is 5.32 Å². The van der Waals surface area contributed by atoms with Crippen LogP contribution in [0.1, 0.15) is 46.0 Å². The third-order valence-corrected chi connectivity index (χ3v) is 6.91. The highest BCUT2D eigenvalue weighted by molar-refractivity contribution is 5.78. The molecule has 0 radical (unpaired) electrons. The average molecular weight is 278 g/mol. The number of nitrogens with one attached hydrogen (secondary N) is 1. The first-order chi connectivity index (χ1) is 9.30. The standard InChI is InChI=1S/C16H26N2O2/c1-15(2)13(17-14(19)18(15)3)12-10-4-9-5-11(12)8-16(20,6-9)7-10/h9-13,20H,4-8H2,1-3H3,(H,17,19). The Bertz CT molecular complexity index is 445. The van der Waals surface area contributed by atoms with Crippen molar-refractivity contribution < 1.29 is 9.90 Å². The molecule has 0 aromatic heterocycles. The van der Waals surface area contributed by atoms with Gasteiger partial charge in [0.25, 0.3) is 0 Å². The van der Waals surface area contributed by atoms with Crippen molar-refractivity contribution in [2.75, 3.05) is 7.05 Å². The zero-order chi connectivity index (χ0) is 14.3. The molecule has 3 unspecified atom stereocenters. The van der Waals surface area contributed by atoms with Gasteiger partial charge < -0.3 is 15.3 Å². The van der Waals surface area contributed by atoms with Crippen LogP contribution >= 0.6 is 0 Å². The Morgan fingerprint density at radius 3 is 2.25 bits per heavy atom. The first kappa shape index (κ1) is 12.9. The van der Waals surface area contributed by atoms with Crippen molar-refractivity contribution in [2.24, 2.45) is 23.7 Å². The van der Waals surface area contributed by atoms with Crippen LogP contribution in [0.5, 0.6) is 0 Å². The molecule has 4 heteroatoms. The molecule has 3 atom stereocenters. The minimum absolute atomic E-state index is 0.0625. The number of hydrogen-bond donors (Lipinski definition) is 2. The Kier molecular flexibility index (Phi) is 2.39. The van der Waals surface area contributed by atoms with Gasteiger partial charge in [0.05, 0.1) is 17.2 Å². The summed E-state index contributed by atoms with van der Waals surface area (Å²) >= 11 is 0. The molecule has 4 nitrogen and oxygen atoms in total. The van der Waals surface area contributed by atoms with Gasteiger partial charge in [-0.15, -0.1) is 0 Å². The fourth-order valence-electron chi connectivity index (χ4n) is 6.01. The molecular weight excluding hydrogens is 252 g/mol. The zero-order valence-corrected chi connectivity index (χ0v) is 12.7. The van der Waals surface area contributed by atoms with Gasteiger partial charge in [0.2, 0.25) is 0 Å². The monoisotopic (exact) mass is 278 g/mol. The summed E-state index contributed by atoms with van der Waals surface area (Å²) in [5, 5.41) is 13.9. The minimum atomic E-state index is -0.383. The number of rotatable bonds is 1. The van der Waals surface area contributed by atoms with Crippen molar-refractivity contribution in [1.29, 1.82) is 0 Å². The molecule has 0 aromatic rings. The van der Waals surface area contributed by atoms with Gasteiger partial charge in [-0.05, 0) is 69.6 Å². The molecule has 1 heterocycles. The topological polar surface area (TPSA) is 52.6 Å². The maximum absolute atomic E-state index is 12.1. The lowest BCUT2D eigenvalue weighted by Crippen LogP contribution is -2.61. The van der Waals surface area contributed by atoms with E-state index in [0.29, 0.717) is 17.8 Å². The summed E-state index contributed by atoms with van der Waals surface area (Å²) in [6.07, 6.45) is 5.45. The number of carbonyl (C=O) groups is 1. The predicted molar refractivity (Wildman–Crippen MR) is 76.2 cm³/mol. The van der Waals surface area contributed by atoms with E-state index in [1.807, 2.05) is 11.9 Å². The molecule has 0 aromatic carbocycles. The normalized spacial score (nSPS) is 52.5. The zero-order valence-electron chi connectivity index (χ0n) is 12.7. The number of hydrogen-bond acceptors (Lipinski definition) is 2. The van der Waals surface area contributed by atoms with E-state index in [4.69, 9.17) is 0 Å². The summed E-state index contributed by atoms with van der Waals surface area (Å²) in [6, 6.07) is 0.297. The molecule has 4 saturated carbocycles. The summed E-state index contributed by atoms with van der Waals surface area (Å²) in [4.78, 5) is 13.9. The fraction of sp³-hybridized carbons (Fsp3) is 0.938. The number of carbonyl (C=O) groups excluding carboxylic acids is 1. The highest BCUT2D eigenvalue weighted by atomic mass is 16.3. The van der Waals surface area contributed by atoms with Crippen LogP contribution in [0.15, 0.2) is 0 Å². The molecular formula is C16H26N2O2. The third kappa shape index (κ3) is 1.54. The van der Waals surface area contributed by atoms with Crippen LogP contribution in [0, 0.1) is 23.7 Å². The number of amides is 2. The van der Waals surface area contributed by atoms with Gasteiger partial charge in [-0.1, -0.05) is 0 Å². The molecule has 1 saturated heterocycles. The largest absolute Gasteiger partial charge is 0.390 e. The Hall–Kier alpha value is -0.770. The first-order valence-corrected chi connectivity index (χ1v) is 8.07. The van der Waals surface area contributed by atoms with Crippen LogP contribution in [-0.2, 0) is 0 Å². The lowest BCUT2D eigenvalue weighted by atomic mass is 9.48. The van der Waals surface area contributed by atoms with Gasteiger partial charge in [-0.3, -0.25) is 0 Å². The van der Waals surface area contributed by atoms with E-state index < -0.39 is 0 Å². The Labute approximate surface area is 120 Å². The van der Waals surface area contributed by atoms with Crippen molar-refractivity contribution in [3.8, 4) is 0 Å². The molecule has 4 bridgehead atoms. The van der Waals surface area contributed by atoms with Gasteiger partial charge >= 0.3 is 6.03 Å². The van der Waals surface area contributed by atoms with Gasteiger partial charge in [-0.2, -0.15) is 0 Å². The van der Waals surface area contributed by atoms with Gasteiger partial charge in [0.15, 0.2) is 0 Å². The van der Waals surface area contributed by atoms with E-state index in [1.165, 1.54) is 12.8 Å². The lowest BCUT2D eigenvalue weighted by Gasteiger charge is -2.60. The highest BCUT2D eigenvalue weighted by Crippen LogP contribution is 2.60. The average Bonchev–Trinajstić information content (AvgIpc) is 2.51. The molecule has 20 heavy (non-hydrogen) atoms. The van der Waals surface area contributed by atoms with Crippen molar-refractivity contribution in [2.45, 2.75) is 63.1 Å². The van der Waals surface area contributed by atoms with Crippen LogP contribution in [0.4, 0.5) is 4.79 Å². The molecule has 4 aliphatic carbocycles. The predicted octanol–water partition coefficient (Wildman–Crippen LogP) is 1.98. The van der Waals surface area contributed by atoms with Crippen molar-refractivity contribution in [3.63, 3.8) is 0 Å². The molecule has 112 valence electrons. The maximum atomic E-state index is 12.1. The van der Waals surface area contributed by atoms with E-state index in [9.17, 15) is 9.90 Å². The second kappa shape index (κ2) is 3.70. The number of likely N-dealkylation sites (N-methyl/N-ethyl adjacent to an activating group) is 1. The van der Waals surface area contributed by atoms with Crippen molar-refractivity contribution in [3.05, 3.63) is 0 Å². The molecule has 2 N–H and O–H groups in total. The number of urea groups is 1. The quantitative estimate of drug-likeness (QED) is 0.770. The highest BCUT2D eigenvalue weighted by Gasteiger charge is 2.60. The van der Waals surface area contributed by atoms with E-state index in [2.05, 4.69) is 19.2 Å². The summed E-state index contributed by atoms with van der Waals surface area (Å²) in [5.74, 6) is 2.48. The fourth-order valence-corrected chi connectivity index (χ4v) is 6.01. The maximum Gasteiger partial charge on any atom is 0.317 e. The molecule has 2 amide bonds. The molecule has 5 aliphatic rings. The Morgan fingerprint density at radius 1 is 1.20 bits per heavy atom. The second-order valence-corrected chi connectivity index (χ2v) is 8.41. The molecule has 5 rings (SSSR count). The molecule has 0 spiro atoms. The number of aliphatic hydroxyl groups is 1. The Balaban J connectivity index is 1.66. The van der Waals surface area contributed by atoms with E-state index in [1.54, 1.807) is 0 Å². The second-order valence-electron chi connectivity index (χ2n) is 8.41. The van der Waals surface area contributed by atoms with Crippen LogP contribution in [-0.4, -0.2) is 40.3 Å². The van der Waals surface area contributed by atoms with Crippen molar-refractivity contribution in [1.82, 2.24) is 10.2 Å². The van der Waals surface area contributed by atoms with Crippen molar-refractivity contribution >= 4 is 6.03 Å². The van der Waals surface area contributed by atoms with Crippen LogP contribution in [0.3, 0.4) is 0 Å². The molecule has 1 aliphatic heterocycles. The van der Waals surface area contributed by atoms with Crippen LogP contribution in [0.25, 0.3) is 0 Å². The van der Waals surface area contributed by atoms with Gasteiger partial charge in [-0.25, -0.2) is 4.79 Å². The van der Waals surface area contributed by atoms with E-state index in [-0.39, 0.29) is 23.2 Å². The SMILES string of the molecule is CN1C(=O)NC(C2C3CC4CC2CC(O)(C4)C3)C1(C)C. The van der Waals surface area contributed by atoms with E-state index in [0.717, 1.165) is 25.2 Å². The van der Waals surface area contributed by atoms with E-state index >= 15 is 0 Å². The first-order valence-electron chi connectivity index (χ1n) is 8.07. The van der Waals surface area contributed by atoms with Gasteiger partial charge in [0.1, 0.15) is 0 Å². The smallest absolute Gasteiger partial charge is 0.317 e. The number of nitrogens with zero attached hydrogens (tertiary/aromatic N) is 1.